The van der Waals surface area contributed by atoms with Crippen molar-refractivity contribution >= 4 is 40.6 Å². The van der Waals surface area contributed by atoms with Crippen LogP contribution in [-0.4, -0.2) is 43.1 Å². The van der Waals surface area contributed by atoms with Gasteiger partial charge in [0.25, 0.3) is 11.6 Å². The first kappa shape index (κ1) is 24.5. The van der Waals surface area contributed by atoms with Crippen LogP contribution in [0.5, 0.6) is 5.88 Å². The fraction of sp³-hybridized carbons (Fsp3) is 0.333. The van der Waals surface area contributed by atoms with Gasteiger partial charge < -0.3 is 15.0 Å². The lowest BCUT2D eigenvalue weighted by molar-refractivity contribution is -0.384. The number of rotatable bonds is 8. The number of hydrogen-bond acceptors (Lipinski definition) is 6. The maximum absolute atomic E-state index is 13.0. The number of halogens is 5. The zero-order chi connectivity index (χ0) is 23.3. The summed E-state index contributed by atoms with van der Waals surface area (Å²) >= 11 is 11.6. The predicted octanol–water partition coefficient (Wildman–Crippen LogP) is 4.58. The number of hydrogen-bond donors (Lipinski definition) is 1. The van der Waals surface area contributed by atoms with Gasteiger partial charge in [-0.25, -0.2) is 0 Å². The molecule has 0 unspecified atom stereocenters. The first-order chi connectivity index (χ1) is 14.4. The number of carbonyl (C=O) groups excluding carboxylic acids is 1. The van der Waals surface area contributed by atoms with E-state index in [0.717, 1.165) is 24.3 Å². The summed E-state index contributed by atoms with van der Waals surface area (Å²) in [5, 5.41) is 13.2. The molecule has 0 aliphatic rings. The third-order valence-electron chi connectivity index (χ3n) is 3.91. The number of nitro groups is 1. The Bertz CT molecular complexity index is 987. The standard InChI is InChI=1S/C18H17Cl2F3N4O4/c1-26(2)15-6-10(18(21,22)23)7-16(25-15)31-5-3-4-24-17(28)11-8-14(27(29)30)13(20)9-12(11)19/h6-9H,3-5H2,1-2H3,(H,24,28). The molecule has 1 aromatic heterocycles. The number of alkyl halides is 3. The van der Waals surface area contributed by atoms with Crippen LogP contribution in [0, 0.1) is 10.1 Å². The van der Waals surface area contributed by atoms with Crippen LogP contribution in [0.2, 0.25) is 10.0 Å². The molecule has 1 heterocycles. The van der Waals surface area contributed by atoms with Crippen molar-refractivity contribution in [1.29, 1.82) is 0 Å². The fourth-order valence-electron chi connectivity index (χ4n) is 2.36. The molecule has 0 aliphatic carbocycles. The first-order valence-electron chi connectivity index (χ1n) is 8.71. The Morgan fingerprint density at radius 3 is 2.48 bits per heavy atom. The van der Waals surface area contributed by atoms with E-state index in [2.05, 4.69) is 10.3 Å². The summed E-state index contributed by atoms with van der Waals surface area (Å²) in [4.78, 5) is 27.8. The monoisotopic (exact) mass is 480 g/mol. The van der Waals surface area contributed by atoms with Crippen molar-refractivity contribution in [3.05, 3.63) is 55.6 Å². The number of nitrogens with zero attached hydrogens (tertiary/aromatic N) is 3. The number of carbonyl (C=O) groups is 1. The van der Waals surface area contributed by atoms with Gasteiger partial charge in [0.2, 0.25) is 5.88 Å². The summed E-state index contributed by atoms with van der Waals surface area (Å²) in [6, 6.07) is 3.76. The topological polar surface area (TPSA) is 97.6 Å². The smallest absolute Gasteiger partial charge is 0.416 e. The van der Waals surface area contributed by atoms with Crippen LogP contribution in [0.1, 0.15) is 22.3 Å². The molecule has 0 atom stereocenters. The van der Waals surface area contributed by atoms with Gasteiger partial charge in [0, 0.05) is 32.8 Å². The molecule has 2 aromatic rings. The van der Waals surface area contributed by atoms with Crippen molar-refractivity contribution in [3.8, 4) is 5.88 Å². The van der Waals surface area contributed by atoms with E-state index < -0.39 is 28.3 Å². The second kappa shape index (κ2) is 10.0. The van der Waals surface area contributed by atoms with Crippen LogP contribution in [0.4, 0.5) is 24.7 Å². The van der Waals surface area contributed by atoms with Crippen molar-refractivity contribution in [2.75, 3.05) is 32.1 Å². The Labute approximate surface area is 185 Å². The number of nitrogens with one attached hydrogen (secondary N) is 1. The molecule has 2 rings (SSSR count). The molecule has 0 radical (unpaired) electrons. The number of aromatic nitrogens is 1. The highest BCUT2D eigenvalue weighted by Crippen LogP contribution is 2.33. The highest BCUT2D eigenvalue weighted by molar-refractivity contribution is 6.37. The van der Waals surface area contributed by atoms with Gasteiger partial charge in [-0.15, -0.1) is 0 Å². The highest BCUT2D eigenvalue weighted by Gasteiger charge is 2.32. The zero-order valence-electron chi connectivity index (χ0n) is 16.3. The van der Waals surface area contributed by atoms with Crippen LogP contribution in [-0.2, 0) is 6.18 Å². The first-order valence-corrected chi connectivity index (χ1v) is 9.46. The molecule has 0 spiro atoms. The number of amides is 1. The Hall–Kier alpha value is -2.79. The number of pyridine rings is 1. The van der Waals surface area contributed by atoms with Crippen molar-refractivity contribution in [3.63, 3.8) is 0 Å². The molecular weight excluding hydrogens is 464 g/mol. The summed E-state index contributed by atoms with van der Waals surface area (Å²) in [6.07, 6.45) is -4.32. The Kier molecular flexibility index (Phi) is 7.91. The van der Waals surface area contributed by atoms with E-state index in [0.29, 0.717) is 0 Å². The van der Waals surface area contributed by atoms with Crippen LogP contribution in [0.3, 0.4) is 0 Å². The van der Waals surface area contributed by atoms with Crippen LogP contribution < -0.4 is 15.0 Å². The van der Waals surface area contributed by atoms with E-state index >= 15 is 0 Å². The van der Waals surface area contributed by atoms with Gasteiger partial charge in [0.1, 0.15) is 10.8 Å². The molecule has 31 heavy (non-hydrogen) atoms. The summed E-state index contributed by atoms with van der Waals surface area (Å²) in [6.45, 7) is 0.0427. The number of anilines is 1. The second-order valence-corrected chi connectivity index (χ2v) is 7.26. The van der Waals surface area contributed by atoms with E-state index in [1.54, 1.807) is 14.1 Å². The molecule has 0 saturated carbocycles. The highest BCUT2D eigenvalue weighted by atomic mass is 35.5. The SMILES string of the molecule is CN(C)c1cc(C(F)(F)F)cc(OCCCNC(=O)c2cc([N+](=O)[O-])c(Cl)cc2Cl)n1. The normalized spacial score (nSPS) is 11.2. The average Bonchev–Trinajstić information content (AvgIpc) is 2.66. The maximum atomic E-state index is 13.0. The van der Waals surface area contributed by atoms with E-state index in [4.69, 9.17) is 27.9 Å². The van der Waals surface area contributed by atoms with E-state index in [9.17, 15) is 28.1 Å². The fourth-order valence-corrected chi connectivity index (χ4v) is 2.89. The summed E-state index contributed by atoms with van der Waals surface area (Å²) in [7, 11) is 3.10. The van der Waals surface area contributed by atoms with Crippen molar-refractivity contribution in [2.24, 2.45) is 0 Å². The molecular formula is C18H17Cl2F3N4O4. The van der Waals surface area contributed by atoms with E-state index in [1.165, 1.54) is 4.90 Å². The van der Waals surface area contributed by atoms with Crippen molar-refractivity contribution in [2.45, 2.75) is 12.6 Å². The van der Waals surface area contributed by atoms with Crippen molar-refractivity contribution < 1.29 is 27.6 Å². The van der Waals surface area contributed by atoms with Crippen molar-refractivity contribution in [1.82, 2.24) is 10.3 Å². The molecule has 0 fully saturated rings. The van der Waals surface area contributed by atoms with E-state index in [1.807, 2.05) is 0 Å². The molecule has 1 amide bonds. The average molecular weight is 481 g/mol. The third-order valence-corrected chi connectivity index (χ3v) is 4.52. The molecule has 0 saturated heterocycles. The lowest BCUT2D eigenvalue weighted by atomic mass is 10.2. The Morgan fingerprint density at radius 1 is 1.23 bits per heavy atom. The van der Waals surface area contributed by atoms with E-state index in [-0.39, 0.29) is 46.9 Å². The minimum Gasteiger partial charge on any atom is -0.478 e. The number of ether oxygens (including phenoxy) is 1. The minimum absolute atomic E-state index is 0.0318. The number of nitro benzene ring substituents is 1. The van der Waals surface area contributed by atoms with Crippen LogP contribution in [0.15, 0.2) is 24.3 Å². The molecule has 0 aliphatic heterocycles. The molecule has 8 nitrogen and oxygen atoms in total. The molecule has 1 aromatic carbocycles. The molecule has 0 bridgehead atoms. The lowest BCUT2D eigenvalue weighted by Crippen LogP contribution is -2.26. The maximum Gasteiger partial charge on any atom is 0.416 e. The van der Waals surface area contributed by atoms with Gasteiger partial charge in [0.05, 0.1) is 27.7 Å². The number of benzene rings is 1. The Morgan fingerprint density at radius 2 is 1.90 bits per heavy atom. The van der Waals surface area contributed by atoms with Crippen LogP contribution >= 0.6 is 23.2 Å². The summed E-state index contributed by atoms with van der Waals surface area (Å²) in [5.41, 5.74) is -1.49. The van der Waals surface area contributed by atoms with Gasteiger partial charge in [-0.1, -0.05) is 23.2 Å². The largest absolute Gasteiger partial charge is 0.478 e. The zero-order valence-corrected chi connectivity index (χ0v) is 17.8. The third kappa shape index (κ3) is 6.59. The minimum atomic E-state index is -4.56. The molecule has 1 N–H and O–H groups in total. The predicted molar refractivity (Wildman–Crippen MR) is 109 cm³/mol. The van der Waals surface area contributed by atoms with Gasteiger partial charge >= 0.3 is 6.18 Å². The second-order valence-electron chi connectivity index (χ2n) is 6.44. The molecule has 13 heteroatoms. The van der Waals surface area contributed by atoms with Gasteiger partial charge in [0.15, 0.2) is 0 Å². The van der Waals surface area contributed by atoms with Gasteiger partial charge in [-0.05, 0) is 18.6 Å². The lowest BCUT2D eigenvalue weighted by Gasteiger charge is -2.16. The Balaban J connectivity index is 1.96. The van der Waals surface area contributed by atoms with Gasteiger partial charge in [-0.3, -0.25) is 14.9 Å². The summed E-state index contributed by atoms with van der Waals surface area (Å²) < 4.78 is 44.4. The summed E-state index contributed by atoms with van der Waals surface area (Å²) in [5.74, 6) is -0.796. The van der Waals surface area contributed by atoms with Gasteiger partial charge in [-0.2, -0.15) is 18.2 Å². The van der Waals surface area contributed by atoms with Crippen LogP contribution in [0.25, 0.3) is 0 Å². The molecule has 168 valence electrons. The quantitative estimate of drug-likeness (QED) is 0.337.